The van der Waals surface area contributed by atoms with Crippen LogP contribution in [0.2, 0.25) is 0 Å². The van der Waals surface area contributed by atoms with Crippen molar-refractivity contribution in [1.29, 1.82) is 0 Å². The monoisotopic (exact) mass is 361 g/mol. The highest BCUT2D eigenvalue weighted by atomic mass is 19.1. The van der Waals surface area contributed by atoms with Gasteiger partial charge in [-0.15, -0.1) is 0 Å². The first-order valence-corrected chi connectivity index (χ1v) is 9.07. The molecule has 1 aliphatic heterocycles. The number of rotatable bonds is 6. The fourth-order valence-corrected chi connectivity index (χ4v) is 3.63. The number of hydrogen-bond donors (Lipinski definition) is 2. The van der Waals surface area contributed by atoms with Gasteiger partial charge in [-0.1, -0.05) is 25.0 Å². The third-order valence-electron chi connectivity index (χ3n) is 5.21. The molecule has 1 saturated heterocycles. The topological polar surface area (TPSA) is 78.5 Å². The molecule has 0 unspecified atom stereocenters. The smallest absolute Gasteiger partial charge is 0.325 e. The highest BCUT2D eigenvalue weighted by Gasteiger charge is 2.51. The number of nitrogens with zero attached hydrogens (tertiary/aromatic N) is 1. The number of aryl methyl sites for hydroxylation is 1. The number of urea groups is 1. The second kappa shape index (κ2) is 7.43. The van der Waals surface area contributed by atoms with Crippen molar-refractivity contribution >= 4 is 17.8 Å². The summed E-state index contributed by atoms with van der Waals surface area (Å²) in [5.74, 6) is -0.639. The predicted octanol–water partition coefficient (Wildman–Crippen LogP) is 2.40. The second-order valence-corrected chi connectivity index (χ2v) is 7.14. The number of hydrogen-bond acceptors (Lipinski definition) is 3. The van der Waals surface area contributed by atoms with E-state index in [1.165, 1.54) is 11.0 Å². The van der Waals surface area contributed by atoms with Gasteiger partial charge in [0.2, 0.25) is 5.91 Å². The van der Waals surface area contributed by atoms with E-state index in [0.29, 0.717) is 30.4 Å². The third kappa shape index (κ3) is 3.71. The third-order valence-corrected chi connectivity index (χ3v) is 5.21. The van der Waals surface area contributed by atoms with Gasteiger partial charge >= 0.3 is 6.03 Å². The molecular formula is C19H24FN3O3. The fraction of sp³-hybridized carbons (Fsp3) is 0.526. The Morgan fingerprint density at radius 3 is 2.73 bits per heavy atom. The van der Waals surface area contributed by atoms with E-state index < -0.39 is 5.54 Å². The molecule has 2 fully saturated rings. The summed E-state index contributed by atoms with van der Waals surface area (Å²) in [4.78, 5) is 37.7. The number of imide groups is 1. The van der Waals surface area contributed by atoms with Crippen molar-refractivity contribution in [3.05, 3.63) is 35.1 Å². The Morgan fingerprint density at radius 2 is 2.04 bits per heavy atom. The average molecular weight is 361 g/mol. The lowest BCUT2D eigenvalue weighted by atomic mass is 9.98. The molecule has 0 aromatic heterocycles. The molecule has 4 amide bonds. The molecule has 0 radical (unpaired) electrons. The summed E-state index contributed by atoms with van der Waals surface area (Å²) >= 11 is 0. The molecule has 26 heavy (non-hydrogen) atoms. The van der Waals surface area contributed by atoms with Gasteiger partial charge < -0.3 is 10.6 Å². The van der Waals surface area contributed by atoms with Crippen molar-refractivity contribution in [2.45, 2.75) is 57.5 Å². The van der Waals surface area contributed by atoms with Crippen LogP contribution in [0.5, 0.6) is 0 Å². The van der Waals surface area contributed by atoms with Crippen LogP contribution in [-0.2, 0) is 16.1 Å². The molecule has 1 heterocycles. The quantitative estimate of drug-likeness (QED) is 0.764. The zero-order chi connectivity index (χ0) is 18.7. The van der Waals surface area contributed by atoms with E-state index >= 15 is 0 Å². The molecule has 1 aliphatic carbocycles. The van der Waals surface area contributed by atoms with Crippen LogP contribution in [0.15, 0.2) is 18.2 Å². The van der Waals surface area contributed by atoms with Gasteiger partial charge in [0.25, 0.3) is 5.91 Å². The maximum absolute atomic E-state index is 13.5. The van der Waals surface area contributed by atoms with Gasteiger partial charge in [0.1, 0.15) is 11.4 Å². The summed E-state index contributed by atoms with van der Waals surface area (Å²) in [5.41, 5.74) is 0.557. The van der Waals surface area contributed by atoms with Crippen molar-refractivity contribution in [2.24, 2.45) is 0 Å². The molecule has 6 nitrogen and oxygen atoms in total. The summed E-state index contributed by atoms with van der Waals surface area (Å²) in [6, 6.07) is 4.50. The zero-order valence-electron chi connectivity index (χ0n) is 14.9. The second-order valence-electron chi connectivity index (χ2n) is 7.14. The van der Waals surface area contributed by atoms with Gasteiger partial charge in [-0.05, 0) is 43.4 Å². The van der Waals surface area contributed by atoms with Crippen molar-refractivity contribution in [3.8, 4) is 0 Å². The minimum atomic E-state index is -0.700. The highest BCUT2D eigenvalue weighted by Crippen LogP contribution is 2.35. The van der Waals surface area contributed by atoms with Crippen LogP contribution < -0.4 is 10.6 Å². The summed E-state index contributed by atoms with van der Waals surface area (Å²) in [6.45, 7) is 2.17. The largest absolute Gasteiger partial charge is 0.352 e. The van der Waals surface area contributed by atoms with E-state index in [4.69, 9.17) is 0 Å². The van der Waals surface area contributed by atoms with Gasteiger partial charge in [-0.3, -0.25) is 14.5 Å². The molecular weight excluding hydrogens is 337 g/mol. The summed E-state index contributed by atoms with van der Waals surface area (Å²) in [7, 11) is 0. The minimum absolute atomic E-state index is 0.157. The lowest BCUT2D eigenvalue weighted by Crippen LogP contribution is -2.44. The van der Waals surface area contributed by atoms with Crippen LogP contribution in [0.3, 0.4) is 0 Å². The summed E-state index contributed by atoms with van der Waals surface area (Å²) in [5, 5.41) is 5.56. The molecule has 0 atom stereocenters. The number of carbonyl (C=O) groups excluding carboxylic acids is 3. The number of nitrogens with one attached hydrogen (secondary N) is 2. The SMILES string of the molecule is Cc1ccc(CNC(=O)CCCN2C(=O)NC3(CCCC3)C2=O)cc1F. The van der Waals surface area contributed by atoms with E-state index in [1.54, 1.807) is 19.1 Å². The Hall–Kier alpha value is -2.44. The van der Waals surface area contributed by atoms with Gasteiger partial charge in [0, 0.05) is 19.5 Å². The Labute approximate surface area is 152 Å². The molecule has 1 aromatic carbocycles. The molecule has 2 N–H and O–H groups in total. The van der Waals surface area contributed by atoms with Gasteiger partial charge in [-0.25, -0.2) is 9.18 Å². The van der Waals surface area contributed by atoms with Crippen molar-refractivity contribution < 1.29 is 18.8 Å². The number of benzene rings is 1. The van der Waals surface area contributed by atoms with Crippen molar-refractivity contribution in [2.75, 3.05) is 6.54 Å². The average Bonchev–Trinajstić information content (AvgIpc) is 3.16. The van der Waals surface area contributed by atoms with E-state index in [2.05, 4.69) is 10.6 Å². The normalized spacial score (nSPS) is 18.5. The number of halogens is 1. The first kappa shape index (κ1) is 18.4. The molecule has 1 aromatic rings. The molecule has 2 aliphatic rings. The van der Waals surface area contributed by atoms with E-state index in [-0.39, 0.29) is 43.2 Å². The first-order chi connectivity index (χ1) is 12.4. The van der Waals surface area contributed by atoms with Crippen LogP contribution in [-0.4, -0.2) is 34.8 Å². The molecule has 1 saturated carbocycles. The number of amides is 4. The van der Waals surface area contributed by atoms with Crippen molar-refractivity contribution in [1.82, 2.24) is 15.5 Å². The lowest BCUT2D eigenvalue weighted by Gasteiger charge is -2.19. The van der Waals surface area contributed by atoms with Crippen LogP contribution in [0.1, 0.15) is 49.7 Å². The lowest BCUT2D eigenvalue weighted by molar-refractivity contribution is -0.131. The highest BCUT2D eigenvalue weighted by molar-refractivity contribution is 6.07. The molecule has 140 valence electrons. The predicted molar refractivity (Wildman–Crippen MR) is 93.7 cm³/mol. The van der Waals surface area contributed by atoms with E-state index in [9.17, 15) is 18.8 Å². The van der Waals surface area contributed by atoms with E-state index in [0.717, 1.165) is 12.8 Å². The van der Waals surface area contributed by atoms with Gasteiger partial charge in [-0.2, -0.15) is 0 Å². The first-order valence-electron chi connectivity index (χ1n) is 9.07. The maximum atomic E-state index is 13.5. The number of carbonyl (C=O) groups is 3. The molecule has 0 bridgehead atoms. The van der Waals surface area contributed by atoms with Crippen LogP contribution >= 0.6 is 0 Å². The zero-order valence-corrected chi connectivity index (χ0v) is 14.9. The van der Waals surface area contributed by atoms with E-state index in [1.807, 2.05) is 0 Å². The maximum Gasteiger partial charge on any atom is 0.325 e. The summed E-state index contributed by atoms with van der Waals surface area (Å²) < 4.78 is 13.5. The Kier molecular flexibility index (Phi) is 5.25. The van der Waals surface area contributed by atoms with Crippen molar-refractivity contribution in [3.63, 3.8) is 0 Å². The van der Waals surface area contributed by atoms with Crippen LogP contribution in [0.4, 0.5) is 9.18 Å². The fourth-order valence-electron chi connectivity index (χ4n) is 3.63. The molecule has 7 heteroatoms. The molecule has 1 spiro atoms. The summed E-state index contributed by atoms with van der Waals surface area (Å²) in [6.07, 6.45) is 3.90. The van der Waals surface area contributed by atoms with Gasteiger partial charge in [0.05, 0.1) is 0 Å². The Balaban J connectivity index is 1.43. The van der Waals surface area contributed by atoms with Gasteiger partial charge in [0.15, 0.2) is 0 Å². The van der Waals surface area contributed by atoms with Crippen LogP contribution in [0.25, 0.3) is 0 Å². The van der Waals surface area contributed by atoms with Crippen LogP contribution in [0, 0.1) is 12.7 Å². The molecule has 3 rings (SSSR count). The minimum Gasteiger partial charge on any atom is -0.352 e. The standard InChI is InChI=1S/C19H24FN3O3/c1-13-6-7-14(11-15(13)20)12-21-16(24)5-4-10-23-17(25)19(22-18(23)26)8-2-3-9-19/h6-7,11H,2-5,8-10,12H2,1H3,(H,21,24)(H,22,26). The Morgan fingerprint density at radius 1 is 1.31 bits per heavy atom. The Bertz CT molecular complexity index is 729.